The van der Waals surface area contributed by atoms with Gasteiger partial charge in [0.25, 0.3) is 5.91 Å². The zero-order valence-corrected chi connectivity index (χ0v) is 15.0. The molecular weight excluding hydrogens is 324 g/mol. The number of likely N-dealkylation sites (N-methyl/N-ethyl adjacent to an activating group) is 1. The molecule has 0 saturated carbocycles. The van der Waals surface area contributed by atoms with Crippen LogP contribution in [0.4, 0.5) is 0 Å². The monoisotopic (exact) mass is 349 g/mol. The van der Waals surface area contributed by atoms with Gasteiger partial charge in [0.1, 0.15) is 6.54 Å². The van der Waals surface area contributed by atoms with Crippen molar-refractivity contribution in [2.24, 2.45) is 0 Å². The van der Waals surface area contributed by atoms with E-state index >= 15 is 0 Å². The highest BCUT2D eigenvalue weighted by atomic mass is 16.5. The molecule has 0 bridgehead atoms. The molecule has 0 aliphatic rings. The highest BCUT2D eigenvalue weighted by Crippen LogP contribution is 2.38. The molecule has 1 amide bonds. The molecule has 0 spiro atoms. The Balaban J connectivity index is 1.92. The van der Waals surface area contributed by atoms with Gasteiger partial charge in [0.15, 0.2) is 23.8 Å². The summed E-state index contributed by atoms with van der Waals surface area (Å²) >= 11 is 0. The van der Waals surface area contributed by atoms with E-state index < -0.39 is 0 Å². The standard InChI is InChI=1S/C18H24N2O5/c1-20(11-14-6-5-7-25-14)12-17(21)19-10-13-8-15(22-2)18(24-4)16(9-13)23-3/h5-9H,10-12H2,1-4H3,(H,19,21)/p+1. The summed E-state index contributed by atoms with van der Waals surface area (Å²) in [6.07, 6.45) is 1.63. The largest absolute Gasteiger partial charge is 0.493 e. The van der Waals surface area contributed by atoms with Crippen LogP contribution in [0.25, 0.3) is 0 Å². The van der Waals surface area contributed by atoms with Gasteiger partial charge < -0.3 is 28.8 Å². The molecule has 7 nitrogen and oxygen atoms in total. The third-order valence-corrected chi connectivity index (χ3v) is 3.73. The maximum Gasteiger partial charge on any atom is 0.275 e. The number of hydrogen-bond donors (Lipinski definition) is 2. The second-order valence-corrected chi connectivity index (χ2v) is 5.70. The maximum atomic E-state index is 12.1. The SMILES string of the molecule is COc1cc(CNC(=O)C[NH+](C)Cc2ccco2)cc(OC)c1OC. The number of carbonyl (C=O) groups excluding carboxylic acids is 1. The fraction of sp³-hybridized carbons (Fsp3) is 0.389. The van der Waals surface area contributed by atoms with Crippen LogP contribution in [-0.4, -0.2) is 40.8 Å². The lowest BCUT2D eigenvalue weighted by Crippen LogP contribution is -3.08. The van der Waals surface area contributed by atoms with Crippen LogP contribution in [-0.2, 0) is 17.9 Å². The van der Waals surface area contributed by atoms with Crippen LogP contribution in [0.5, 0.6) is 17.2 Å². The van der Waals surface area contributed by atoms with Gasteiger partial charge in [-0.25, -0.2) is 0 Å². The van der Waals surface area contributed by atoms with Gasteiger partial charge in [-0.1, -0.05) is 0 Å². The summed E-state index contributed by atoms with van der Waals surface area (Å²) in [6.45, 7) is 1.39. The van der Waals surface area contributed by atoms with Crippen LogP contribution in [0.3, 0.4) is 0 Å². The van der Waals surface area contributed by atoms with Crippen molar-refractivity contribution in [2.45, 2.75) is 13.1 Å². The molecule has 0 radical (unpaired) electrons. The Labute approximate surface area is 147 Å². The zero-order chi connectivity index (χ0) is 18.2. The van der Waals surface area contributed by atoms with E-state index in [-0.39, 0.29) is 5.91 Å². The Morgan fingerprint density at radius 3 is 2.36 bits per heavy atom. The molecule has 1 aromatic carbocycles. The first-order valence-electron chi connectivity index (χ1n) is 7.96. The van der Waals surface area contributed by atoms with Gasteiger partial charge in [0.05, 0.1) is 34.6 Å². The first-order valence-corrected chi connectivity index (χ1v) is 7.96. The lowest BCUT2D eigenvalue weighted by Gasteiger charge is -2.15. The Hall–Kier alpha value is -2.67. The summed E-state index contributed by atoms with van der Waals surface area (Å²) in [5.41, 5.74) is 0.867. The molecule has 2 rings (SSSR count). The highest BCUT2D eigenvalue weighted by Gasteiger charge is 2.15. The van der Waals surface area contributed by atoms with Crippen molar-refractivity contribution in [3.05, 3.63) is 41.9 Å². The molecule has 1 heterocycles. The molecular formula is C18H25N2O5+. The molecule has 2 N–H and O–H groups in total. The van der Waals surface area contributed by atoms with Gasteiger partial charge in [0, 0.05) is 6.54 Å². The second-order valence-electron chi connectivity index (χ2n) is 5.70. The summed E-state index contributed by atoms with van der Waals surface area (Å²) < 4.78 is 21.2. The normalized spacial score (nSPS) is 11.7. The first-order chi connectivity index (χ1) is 12.1. The number of carbonyl (C=O) groups is 1. The van der Waals surface area contributed by atoms with E-state index in [2.05, 4.69) is 5.32 Å². The lowest BCUT2D eigenvalue weighted by atomic mass is 10.1. The van der Waals surface area contributed by atoms with E-state index in [9.17, 15) is 4.79 Å². The Kier molecular flexibility index (Phi) is 6.71. The van der Waals surface area contributed by atoms with Crippen molar-refractivity contribution in [3.8, 4) is 17.2 Å². The summed E-state index contributed by atoms with van der Waals surface area (Å²) in [4.78, 5) is 13.2. The lowest BCUT2D eigenvalue weighted by molar-refractivity contribution is -0.886. The van der Waals surface area contributed by atoms with Crippen molar-refractivity contribution in [1.82, 2.24) is 5.32 Å². The minimum atomic E-state index is -0.0437. The number of nitrogens with one attached hydrogen (secondary N) is 2. The average Bonchev–Trinajstić information content (AvgIpc) is 3.11. The predicted molar refractivity (Wildman–Crippen MR) is 92.1 cm³/mol. The molecule has 1 unspecified atom stereocenters. The van der Waals surface area contributed by atoms with Crippen LogP contribution < -0.4 is 24.4 Å². The quantitative estimate of drug-likeness (QED) is 0.695. The van der Waals surface area contributed by atoms with Crippen molar-refractivity contribution < 1.29 is 28.3 Å². The van der Waals surface area contributed by atoms with Gasteiger partial charge >= 0.3 is 0 Å². The number of hydrogen-bond acceptors (Lipinski definition) is 5. The Morgan fingerprint density at radius 1 is 1.16 bits per heavy atom. The van der Waals surface area contributed by atoms with E-state index in [0.717, 1.165) is 16.2 Å². The number of ether oxygens (including phenoxy) is 3. The van der Waals surface area contributed by atoms with Gasteiger partial charge in [-0.2, -0.15) is 0 Å². The predicted octanol–water partition coefficient (Wildman–Crippen LogP) is 0.637. The van der Waals surface area contributed by atoms with E-state index in [0.29, 0.717) is 36.9 Å². The Morgan fingerprint density at radius 2 is 1.84 bits per heavy atom. The fourth-order valence-corrected chi connectivity index (χ4v) is 2.55. The molecule has 1 aromatic heterocycles. The van der Waals surface area contributed by atoms with E-state index in [1.807, 2.05) is 31.3 Å². The summed E-state index contributed by atoms with van der Waals surface area (Å²) in [5.74, 6) is 2.47. The third-order valence-electron chi connectivity index (χ3n) is 3.73. The van der Waals surface area contributed by atoms with E-state index in [1.165, 1.54) is 0 Å². The minimum Gasteiger partial charge on any atom is -0.493 e. The van der Waals surface area contributed by atoms with Crippen LogP contribution >= 0.6 is 0 Å². The van der Waals surface area contributed by atoms with Crippen LogP contribution in [0.2, 0.25) is 0 Å². The number of rotatable bonds is 9. The van der Waals surface area contributed by atoms with Gasteiger partial charge in [-0.05, 0) is 29.8 Å². The molecule has 0 saturated heterocycles. The molecule has 0 aliphatic carbocycles. The van der Waals surface area contributed by atoms with E-state index in [4.69, 9.17) is 18.6 Å². The molecule has 7 heteroatoms. The van der Waals surface area contributed by atoms with Crippen LogP contribution in [0.15, 0.2) is 34.9 Å². The first kappa shape index (κ1) is 18.7. The van der Waals surface area contributed by atoms with Crippen LogP contribution in [0, 0.1) is 0 Å². The maximum absolute atomic E-state index is 12.1. The van der Waals surface area contributed by atoms with Gasteiger partial charge in [0.2, 0.25) is 5.75 Å². The smallest absolute Gasteiger partial charge is 0.275 e. The topological polar surface area (TPSA) is 74.4 Å². The summed E-state index contributed by atoms with van der Waals surface area (Å²) in [6, 6.07) is 7.38. The molecule has 2 aromatic rings. The number of benzene rings is 1. The van der Waals surface area contributed by atoms with E-state index in [1.54, 1.807) is 27.6 Å². The second kappa shape index (κ2) is 8.98. The van der Waals surface area contributed by atoms with Crippen molar-refractivity contribution in [2.75, 3.05) is 34.9 Å². The number of quaternary nitrogens is 1. The van der Waals surface area contributed by atoms with Crippen molar-refractivity contribution in [3.63, 3.8) is 0 Å². The van der Waals surface area contributed by atoms with Crippen LogP contribution in [0.1, 0.15) is 11.3 Å². The number of methoxy groups -OCH3 is 3. The van der Waals surface area contributed by atoms with Crippen molar-refractivity contribution in [1.29, 1.82) is 0 Å². The highest BCUT2D eigenvalue weighted by molar-refractivity contribution is 5.76. The molecule has 1 atom stereocenters. The molecule has 0 aliphatic heterocycles. The molecule has 0 fully saturated rings. The third kappa shape index (κ3) is 5.15. The summed E-state index contributed by atoms with van der Waals surface area (Å²) in [7, 11) is 6.63. The number of furan rings is 1. The zero-order valence-electron chi connectivity index (χ0n) is 15.0. The van der Waals surface area contributed by atoms with Crippen molar-refractivity contribution >= 4 is 5.91 Å². The average molecular weight is 349 g/mol. The molecule has 136 valence electrons. The summed E-state index contributed by atoms with van der Waals surface area (Å²) in [5, 5.41) is 2.91. The number of amides is 1. The fourth-order valence-electron chi connectivity index (χ4n) is 2.55. The van der Waals surface area contributed by atoms with Gasteiger partial charge in [-0.3, -0.25) is 4.79 Å². The Bertz CT molecular complexity index is 660. The molecule has 25 heavy (non-hydrogen) atoms. The minimum absolute atomic E-state index is 0.0437. The van der Waals surface area contributed by atoms with Gasteiger partial charge in [-0.15, -0.1) is 0 Å².